The molecular formula is C13H17NO3. The Morgan fingerprint density at radius 2 is 1.76 bits per heavy atom. The first-order chi connectivity index (χ1) is 8.00. The SMILES string of the molecule is CC(=O)N[C@@H](C)[C@H](OC(C)=O)c1ccccc1. The molecule has 0 aliphatic carbocycles. The summed E-state index contributed by atoms with van der Waals surface area (Å²) in [7, 11) is 0. The minimum Gasteiger partial charge on any atom is -0.455 e. The van der Waals surface area contributed by atoms with Gasteiger partial charge >= 0.3 is 5.97 Å². The van der Waals surface area contributed by atoms with Crippen LogP contribution in [0.3, 0.4) is 0 Å². The van der Waals surface area contributed by atoms with E-state index < -0.39 is 6.10 Å². The molecule has 1 N–H and O–H groups in total. The molecule has 0 bridgehead atoms. The van der Waals surface area contributed by atoms with Gasteiger partial charge in [0.15, 0.2) is 0 Å². The lowest BCUT2D eigenvalue weighted by molar-refractivity contribution is -0.149. The molecule has 0 aromatic heterocycles. The number of hydrogen-bond donors (Lipinski definition) is 1. The number of rotatable bonds is 4. The number of hydrogen-bond acceptors (Lipinski definition) is 3. The molecule has 0 spiro atoms. The minimum absolute atomic E-state index is 0.148. The first kappa shape index (κ1) is 13.2. The van der Waals surface area contributed by atoms with Crippen LogP contribution in [0.4, 0.5) is 0 Å². The lowest BCUT2D eigenvalue weighted by Crippen LogP contribution is -2.37. The fourth-order valence-electron chi connectivity index (χ4n) is 1.68. The van der Waals surface area contributed by atoms with E-state index in [9.17, 15) is 9.59 Å². The maximum atomic E-state index is 11.1. The van der Waals surface area contributed by atoms with Gasteiger partial charge in [-0.1, -0.05) is 30.3 Å². The van der Waals surface area contributed by atoms with E-state index in [0.29, 0.717) is 0 Å². The highest BCUT2D eigenvalue weighted by molar-refractivity contribution is 5.73. The van der Waals surface area contributed by atoms with Crippen molar-refractivity contribution in [2.45, 2.75) is 32.9 Å². The second kappa shape index (κ2) is 6.03. The van der Waals surface area contributed by atoms with E-state index in [-0.39, 0.29) is 17.9 Å². The standard InChI is InChI=1S/C13H17NO3/c1-9(14-10(2)15)13(17-11(3)16)12-7-5-4-6-8-12/h4-9,13H,1-3H3,(H,14,15)/t9-,13-/m0/s1. The van der Waals surface area contributed by atoms with Crippen LogP contribution in [0.25, 0.3) is 0 Å². The molecular weight excluding hydrogens is 218 g/mol. The maximum absolute atomic E-state index is 11.1. The summed E-state index contributed by atoms with van der Waals surface area (Å²) < 4.78 is 5.25. The van der Waals surface area contributed by atoms with Crippen molar-refractivity contribution in [2.75, 3.05) is 0 Å². The molecule has 1 aromatic rings. The van der Waals surface area contributed by atoms with E-state index in [1.807, 2.05) is 37.3 Å². The average molecular weight is 235 g/mol. The van der Waals surface area contributed by atoms with Crippen LogP contribution in [0.1, 0.15) is 32.4 Å². The third-order valence-corrected chi connectivity index (χ3v) is 2.31. The highest BCUT2D eigenvalue weighted by Gasteiger charge is 2.22. The smallest absolute Gasteiger partial charge is 0.303 e. The summed E-state index contributed by atoms with van der Waals surface area (Å²) in [4.78, 5) is 22.1. The molecule has 92 valence electrons. The predicted molar refractivity (Wildman–Crippen MR) is 64.2 cm³/mol. The second-order valence-corrected chi connectivity index (χ2v) is 3.93. The Labute approximate surface area is 101 Å². The Hall–Kier alpha value is -1.84. The second-order valence-electron chi connectivity index (χ2n) is 3.93. The number of nitrogens with one attached hydrogen (secondary N) is 1. The third kappa shape index (κ3) is 4.26. The lowest BCUT2D eigenvalue weighted by Gasteiger charge is -2.24. The van der Waals surface area contributed by atoms with Crippen LogP contribution in [-0.2, 0) is 14.3 Å². The molecule has 1 aromatic carbocycles. The van der Waals surface area contributed by atoms with Gasteiger partial charge in [0, 0.05) is 13.8 Å². The van der Waals surface area contributed by atoms with E-state index >= 15 is 0 Å². The summed E-state index contributed by atoms with van der Waals surface area (Å²) >= 11 is 0. The average Bonchev–Trinajstić information content (AvgIpc) is 2.25. The van der Waals surface area contributed by atoms with Crippen molar-refractivity contribution in [2.24, 2.45) is 0 Å². The Morgan fingerprint density at radius 1 is 1.18 bits per heavy atom. The van der Waals surface area contributed by atoms with Crippen LogP contribution in [0, 0.1) is 0 Å². The van der Waals surface area contributed by atoms with Crippen molar-refractivity contribution < 1.29 is 14.3 Å². The lowest BCUT2D eigenvalue weighted by atomic mass is 10.0. The molecule has 1 rings (SSSR count). The van der Waals surface area contributed by atoms with Gasteiger partial charge in [-0.3, -0.25) is 9.59 Å². The Bertz CT molecular complexity index is 389. The summed E-state index contributed by atoms with van der Waals surface area (Å²) in [6, 6.07) is 9.09. The van der Waals surface area contributed by atoms with Gasteiger partial charge in [0.2, 0.25) is 5.91 Å². The van der Waals surface area contributed by atoms with E-state index in [1.54, 1.807) is 0 Å². The number of amides is 1. The highest BCUT2D eigenvalue weighted by Crippen LogP contribution is 2.21. The molecule has 2 atom stereocenters. The molecule has 17 heavy (non-hydrogen) atoms. The zero-order valence-corrected chi connectivity index (χ0v) is 10.3. The molecule has 0 heterocycles. The molecule has 1 amide bonds. The van der Waals surface area contributed by atoms with Crippen molar-refractivity contribution >= 4 is 11.9 Å². The van der Waals surface area contributed by atoms with E-state index in [1.165, 1.54) is 13.8 Å². The van der Waals surface area contributed by atoms with Crippen LogP contribution in [0.5, 0.6) is 0 Å². The molecule has 0 aliphatic heterocycles. The Morgan fingerprint density at radius 3 is 2.24 bits per heavy atom. The van der Waals surface area contributed by atoms with Gasteiger partial charge in [-0.15, -0.1) is 0 Å². The Kier molecular flexibility index (Phi) is 4.69. The van der Waals surface area contributed by atoms with E-state index in [4.69, 9.17) is 4.74 Å². The topological polar surface area (TPSA) is 55.4 Å². The van der Waals surface area contributed by atoms with Gasteiger partial charge in [-0.05, 0) is 12.5 Å². The molecule has 0 aliphatic rings. The van der Waals surface area contributed by atoms with Crippen molar-refractivity contribution in [1.29, 1.82) is 0 Å². The van der Waals surface area contributed by atoms with Gasteiger partial charge in [0.1, 0.15) is 6.10 Å². The molecule has 0 fully saturated rings. The fraction of sp³-hybridized carbons (Fsp3) is 0.385. The molecule has 0 unspecified atom stereocenters. The van der Waals surface area contributed by atoms with Crippen molar-refractivity contribution in [3.05, 3.63) is 35.9 Å². The molecule has 4 nitrogen and oxygen atoms in total. The minimum atomic E-state index is -0.461. The first-order valence-corrected chi connectivity index (χ1v) is 5.50. The normalized spacial score (nSPS) is 13.6. The van der Waals surface area contributed by atoms with Gasteiger partial charge in [-0.2, -0.15) is 0 Å². The first-order valence-electron chi connectivity index (χ1n) is 5.50. The summed E-state index contributed by atoms with van der Waals surface area (Å²) in [5, 5.41) is 2.73. The van der Waals surface area contributed by atoms with Crippen LogP contribution in [0.2, 0.25) is 0 Å². The van der Waals surface area contributed by atoms with Gasteiger partial charge in [0.05, 0.1) is 6.04 Å². The zero-order valence-electron chi connectivity index (χ0n) is 10.3. The largest absolute Gasteiger partial charge is 0.455 e. The summed E-state index contributed by atoms with van der Waals surface area (Å²) in [5.74, 6) is -0.512. The summed E-state index contributed by atoms with van der Waals surface area (Å²) in [6.07, 6.45) is -0.461. The van der Waals surface area contributed by atoms with E-state index in [2.05, 4.69) is 5.32 Å². The number of benzene rings is 1. The van der Waals surface area contributed by atoms with Gasteiger partial charge in [-0.25, -0.2) is 0 Å². The van der Waals surface area contributed by atoms with Crippen LogP contribution >= 0.6 is 0 Å². The highest BCUT2D eigenvalue weighted by atomic mass is 16.5. The number of esters is 1. The third-order valence-electron chi connectivity index (χ3n) is 2.31. The Balaban J connectivity index is 2.87. The number of carbonyl (C=O) groups excluding carboxylic acids is 2. The predicted octanol–water partition coefficient (Wildman–Crippen LogP) is 1.82. The van der Waals surface area contributed by atoms with Gasteiger partial charge < -0.3 is 10.1 Å². The summed E-state index contributed by atoms with van der Waals surface area (Å²) in [6.45, 7) is 4.60. The van der Waals surface area contributed by atoms with Crippen LogP contribution in [0.15, 0.2) is 30.3 Å². The van der Waals surface area contributed by atoms with Crippen molar-refractivity contribution in [3.63, 3.8) is 0 Å². The number of ether oxygens (including phenoxy) is 1. The molecule has 0 saturated carbocycles. The van der Waals surface area contributed by atoms with Crippen molar-refractivity contribution in [3.8, 4) is 0 Å². The number of carbonyl (C=O) groups is 2. The van der Waals surface area contributed by atoms with Gasteiger partial charge in [0.25, 0.3) is 0 Å². The van der Waals surface area contributed by atoms with E-state index in [0.717, 1.165) is 5.56 Å². The molecule has 0 radical (unpaired) electrons. The fourth-order valence-corrected chi connectivity index (χ4v) is 1.68. The monoisotopic (exact) mass is 235 g/mol. The molecule has 0 saturated heterocycles. The van der Waals surface area contributed by atoms with Crippen LogP contribution < -0.4 is 5.32 Å². The quantitative estimate of drug-likeness (QED) is 0.810. The van der Waals surface area contributed by atoms with Crippen molar-refractivity contribution in [1.82, 2.24) is 5.32 Å². The van der Waals surface area contributed by atoms with Crippen LogP contribution in [-0.4, -0.2) is 17.9 Å². The maximum Gasteiger partial charge on any atom is 0.303 e. The summed E-state index contributed by atoms with van der Waals surface area (Å²) in [5.41, 5.74) is 0.865. The molecule has 4 heteroatoms. The zero-order chi connectivity index (χ0) is 12.8.